The molecular formula is C8H11NO3. The van der Waals surface area contributed by atoms with Crippen LogP contribution < -0.4 is 5.23 Å². The van der Waals surface area contributed by atoms with Crippen LogP contribution in [0.25, 0.3) is 0 Å². The molecule has 4 nitrogen and oxygen atoms in total. The monoisotopic (exact) mass is 169 g/mol. The van der Waals surface area contributed by atoms with Crippen LogP contribution in [-0.4, -0.2) is 17.5 Å². The van der Waals surface area contributed by atoms with Gasteiger partial charge in [-0.25, -0.2) is 0 Å². The molecule has 1 aromatic rings. The Kier molecular flexibility index (Phi) is 3.04. The van der Waals surface area contributed by atoms with Gasteiger partial charge in [-0.05, 0) is 17.7 Å². The molecule has 0 radical (unpaired) electrons. The molecule has 0 saturated heterocycles. The zero-order valence-electron chi connectivity index (χ0n) is 6.77. The minimum atomic E-state index is 0.0799. The van der Waals surface area contributed by atoms with Crippen molar-refractivity contribution in [3.05, 3.63) is 29.8 Å². The van der Waals surface area contributed by atoms with Crippen molar-refractivity contribution in [2.75, 3.05) is 12.3 Å². The van der Waals surface area contributed by atoms with E-state index in [4.69, 9.17) is 15.2 Å². The summed E-state index contributed by atoms with van der Waals surface area (Å²) in [6, 6.07) is 6.71. The fourth-order valence-electron chi connectivity index (χ4n) is 0.892. The number of hydrogen-bond acceptors (Lipinski definition) is 4. The lowest BCUT2D eigenvalue weighted by atomic mass is 10.2. The Labute approximate surface area is 70.5 Å². The third-order valence-corrected chi connectivity index (χ3v) is 1.48. The van der Waals surface area contributed by atoms with E-state index in [1.807, 2.05) is 0 Å². The Bertz CT molecular complexity index is 233. The van der Waals surface area contributed by atoms with E-state index in [1.165, 1.54) is 0 Å². The van der Waals surface area contributed by atoms with Crippen LogP contribution in [0.1, 0.15) is 5.56 Å². The second-order valence-corrected chi connectivity index (χ2v) is 2.39. The van der Waals surface area contributed by atoms with Gasteiger partial charge in [-0.3, -0.25) is 10.4 Å². The topological polar surface area (TPSA) is 52.9 Å². The van der Waals surface area contributed by atoms with Crippen molar-refractivity contribution < 1.29 is 15.2 Å². The van der Waals surface area contributed by atoms with Crippen LogP contribution >= 0.6 is 0 Å². The minimum Gasteiger partial charge on any atom is -0.380 e. The van der Waals surface area contributed by atoms with Gasteiger partial charge in [0.1, 0.15) is 0 Å². The fourth-order valence-corrected chi connectivity index (χ4v) is 0.892. The number of anilines is 1. The molecule has 0 spiro atoms. The highest BCUT2D eigenvalue weighted by Crippen LogP contribution is 2.11. The summed E-state index contributed by atoms with van der Waals surface area (Å²) in [6.07, 6.45) is 0. The molecule has 0 aliphatic carbocycles. The molecule has 0 aliphatic heterocycles. The van der Waals surface area contributed by atoms with Gasteiger partial charge >= 0.3 is 0 Å². The molecule has 0 bridgehead atoms. The van der Waals surface area contributed by atoms with Crippen molar-refractivity contribution in [3.63, 3.8) is 0 Å². The number of nitrogens with zero attached hydrogens (tertiary/aromatic N) is 1. The van der Waals surface area contributed by atoms with Crippen LogP contribution in [-0.2, 0) is 11.3 Å². The Morgan fingerprint density at radius 1 is 1.25 bits per heavy atom. The van der Waals surface area contributed by atoms with E-state index in [0.717, 1.165) is 5.56 Å². The summed E-state index contributed by atoms with van der Waals surface area (Å²) in [5.41, 5.74) is 1.32. The first-order chi connectivity index (χ1) is 5.74. The molecule has 0 saturated carbocycles. The first-order valence-electron chi connectivity index (χ1n) is 3.50. The predicted molar refractivity (Wildman–Crippen MR) is 43.2 cm³/mol. The largest absolute Gasteiger partial charge is 0.380 e. The molecular weight excluding hydrogens is 158 g/mol. The molecule has 2 N–H and O–H groups in total. The average Bonchev–Trinajstić information content (AvgIpc) is 2.06. The van der Waals surface area contributed by atoms with Gasteiger partial charge in [0.05, 0.1) is 12.3 Å². The van der Waals surface area contributed by atoms with Crippen molar-refractivity contribution in [1.29, 1.82) is 0 Å². The maximum atomic E-state index is 8.60. The molecule has 0 aliphatic rings. The molecule has 0 fully saturated rings. The molecule has 0 unspecified atom stereocenters. The zero-order chi connectivity index (χ0) is 8.97. The normalized spacial score (nSPS) is 9.92. The summed E-state index contributed by atoms with van der Waals surface area (Å²) >= 11 is 0. The lowest BCUT2D eigenvalue weighted by Gasteiger charge is -2.07. The summed E-state index contributed by atoms with van der Waals surface area (Å²) < 4.78 is 4.89. The molecule has 66 valence electrons. The van der Waals surface area contributed by atoms with Gasteiger partial charge < -0.3 is 4.74 Å². The highest BCUT2D eigenvalue weighted by molar-refractivity contribution is 5.42. The number of methoxy groups -OCH3 is 1. The van der Waals surface area contributed by atoms with Crippen molar-refractivity contribution in [1.82, 2.24) is 0 Å². The second-order valence-electron chi connectivity index (χ2n) is 2.39. The summed E-state index contributed by atoms with van der Waals surface area (Å²) in [6.45, 7) is 0.525. The van der Waals surface area contributed by atoms with E-state index in [2.05, 4.69) is 0 Å². The standard InChI is InChI=1S/C8H11NO3/c1-12-6-7-2-4-8(5-3-7)9(10)11/h2-5,10-11H,6H2,1H3. The summed E-state index contributed by atoms with van der Waals surface area (Å²) in [7, 11) is 1.61. The first kappa shape index (κ1) is 8.99. The molecule has 0 atom stereocenters. The number of ether oxygens (including phenoxy) is 1. The highest BCUT2D eigenvalue weighted by Gasteiger charge is 1.97. The van der Waals surface area contributed by atoms with Gasteiger partial charge in [-0.1, -0.05) is 12.1 Å². The Morgan fingerprint density at radius 2 is 1.83 bits per heavy atom. The van der Waals surface area contributed by atoms with E-state index in [9.17, 15) is 0 Å². The first-order valence-corrected chi connectivity index (χ1v) is 3.50. The molecule has 4 heteroatoms. The maximum Gasteiger partial charge on any atom is 0.0943 e. The quantitative estimate of drug-likeness (QED) is 0.672. The Morgan fingerprint density at radius 3 is 2.25 bits per heavy atom. The predicted octanol–water partition coefficient (Wildman–Crippen LogP) is 1.42. The van der Waals surface area contributed by atoms with Crippen LogP contribution in [0.2, 0.25) is 0 Å². The summed E-state index contributed by atoms with van der Waals surface area (Å²) in [5, 5.41) is 17.3. The van der Waals surface area contributed by atoms with Gasteiger partial charge in [0, 0.05) is 7.11 Å². The van der Waals surface area contributed by atoms with Crippen LogP contribution in [0.4, 0.5) is 5.69 Å². The fraction of sp³-hybridized carbons (Fsp3) is 0.250. The smallest absolute Gasteiger partial charge is 0.0943 e. The number of benzene rings is 1. The van der Waals surface area contributed by atoms with Gasteiger partial charge in [-0.2, -0.15) is 0 Å². The van der Waals surface area contributed by atoms with Crippen molar-refractivity contribution >= 4 is 5.69 Å². The van der Waals surface area contributed by atoms with E-state index in [-0.39, 0.29) is 5.23 Å². The maximum absolute atomic E-state index is 8.60. The molecule has 0 amide bonds. The number of hydrogen-bond donors (Lipinski definition) is 2. The van der Waals surface area contributed by atoms with Crippen molar-refractivity contribution in [2.45, 2.75) is 6.61 Å². The molecule has 0 aromatic heterocycles. The molecule has 1 aromatic carbocycles. The van der Waals surface area contributed by atoms with Gasteiger partial charge in [0.25, 0.3) is 0 Å². The van der Waals surface area contributed by atoms with Gasteiger partial charge in [0.2, 0.25) is 0 Å². The molecule has 0 heterocycles. The molecule has 12 heavy (non-hydrogen) atoms. The van der Waals surface area contributed by atoms with Crippen molar-refractivity contribution in [3.8, 4) is 0 Å². The van der Waals surface area contributed by atoms with Crippen LogP contribution in [0.15, 0.2) is 24.3 Å². The molecule has 1 rings (SSSR count). The van der Waals surface area contributed by atoms with Crippen LogP contribution in [0.3, 0.4) is 0 Å². The minimum absolute atomic E-state index is 0.0799. The third-order valence-electron chi connectivity index (χ3n) is 1.48. The number of rotatable bonds is 3. The van der Waals surface area contributed by atoms with E-state index in [1.54, 1.807) is 31.4 Å². The van der Waals surface area contributed by atoms with Crippen LogP contribution in [0, 0.1) is 0 Å². The summed E-state index contributed by atoms with van der Waals surface area (Å²) in [5.74, 6) is 0. The average molecular weight is 169 g/mol. The Balaban J connectivity index is 2.71. The van der Waals surface area contributed by atoms with E-state index in [0.29, 0.717) is 12.3 Å². The van der Waals surface area contributed by atoms with E-state index < -0.39 is 0 Å². The van der Waals surface area contributed by atoms with Gasteiger partial charge in [-0.15, -0.1) is 5.23 Å². The highest BCUT2D eigenvalue weighted by atomic mass is 16.8. The van der Waals surface area contributed by atoms with Crippen LogP contribution in [0.5, 0.6) is 0 Å². The van der Waals surface area contributed by atoms with E-state index >= 15 is 0 Å². The van der Waals surface area contributed by atoms with Crippen molar-refractivity contribution in [2.24, 2.45) is 0 Å². The summed E-state index contributed by atoms with van der Waals surface area (Å²) in [4.78, 5) is 0. The SMILES string of the molecule is COCc1ccc(N(O)O)cc1. The second kappa shape index (κ2) is 4.06. The lowest BCUT2D eigenvalue weighted by molar-refractivity contribution is 0.0291. The van der Waals surface area contributed by atoms with Gasteiger partial charge in [0.15, 0.2) is 0 Å². The third kappa shape index (κ3) is 2.20. The lowest BCUT2D eigenvalue weighted by Crippen LogP contribution is -2.10. The Hall–Kier alpha value is -1.10. The zero-order valence-corrected chi connectivity index (χ0v) is 6.77.